The van der Waals surface area contributed by atoms with Gasteiger partial charge in [0.25, 0.3) is 0 Å². The van der Waals surface area contributed by atoms with Gasteiger partial charge in [-0.25, -0.2) is 9.37 Å². The van der Waals surface area contributed by atoms with E-state index in [1.807, 2.05) is 13.8 Å². The molecule has 2 aromatic heterocycles. The van der Waals surface area contributed by atoms with E-state index in [-0.39, 0.29) is 17.3 Å². The third kappa shape index (κ3) is 3.95. The molecule has 3 aromatic rings. The van der Waals surface area contributed by atoms with E-state index in [4.69, 9.17) is 4.74 Å². The molecule has 0 fully saturated rings. The predicted molar refractivity (Wildman–Crippen MR) is 106 cm³/mol. The number of aromatic nitrogens is 2. The van der Waals surface area contributed by atoms with Gasteiger partial charge in [0.1, 0.15) is 17.2 Å². The molecule has 1 N–H and O–H groups in total. The second-order valence-corrected chi connectivity index (χ2v) is 7.72. The number of nitro groups is 1. The lowest BCUT2D eigenvalue weighted by Gasteiger charge is -2.15. The molecule has 2 heterocycles. The first-order valence-electron chi connectivity index (χ1n) is 9.06. The summed E-state index contributed by atoms with van der Waals surface area (Å²) >= 11 is 1.53. The Bertz CT molecular complexity index is 1030. The molecule has 1 aromatic carbocycles. The van der Waals surface area contributed by atoms with Gasteiger partial charge in [-0.3, -0.25) is 10.1 Å². The fraction of sp³-hybridized carbons (Fsp3) is 0.368. The highest BCUT2D eigenvalue weighted by atomic mass is 32.1. The molecular formula is C19H22FN4O3S+. The van der Waals surface area contributed by atoms with Crippen molar-refractivity contribution in [2.75, 3.05) is 13.1 Å². The monoisotopic (exact) mass is 405 g/mol. The number of nitrogens with one attached hydrogen (secondary N) is 1. The van der Waals surface area contributed by atoms with Crippen molar-refractivity contribution in [2.24, 2.45) is 0 Å². The molecule has 0 aliphatic rings. The van der Waals surface area contributed by atoms with Crippen LogP contribution in [0.15, 0.2) is 18.2 Å². The summed E-state index contributed by atoms with van der Waals surface area (Å²) in [7, 11) is 0. The van der Waals surface area contributed by atoms with Crippen LogP contribution in [0.2, 0.25) is 0 Å². The molecule has 0 amide bonds. The number of nitrogens with zero attached hydrogens (tertiary/aromatic N) is 3. The summed E-state index contributed by atoms with van der Waals surface area (Å²) in [6.45, 7) is 10.5. The van der Waals surface area contributed by atoms with Crippen LogP contribution in [-0.2, 0) is 6.54 Å². The average Bonchev–Trinajstić information content (AvgIpc) is 2.93. The van der Waals surface area contributed by atoms with Gasteiger partial charge >= 0.3 is 5.69 Å². The Balaban J connectivity index is 2.14. The molecule has 3 rings (SSSR count). The molecule has 0 saturated heterocycles. The van der Waals surface area contributed by atoms with Crippen molar-refractivity contribution in [3.05, 3.63) is 50.4 Å². The van der Waals surface area contributed by atoms with Gasteiger partial charge in [0.2, 0.25) is 11.6 Å². The van der Waals surface area contributed by atoms with Crippen LogP contribution in [0.25, 0.3) is 10.2 Å². The molecule has 0 aliphatic heterocycles. The second kappa shape index (κ2) is 8.15. The van der Waals surface area contributed by atoms with E-state index in [1.54, 1.807) is 0 Å². The molecule has 0 bridgehead atoms. The highest BCUT2D eigenvalue weighted by Gasteiger charge is 2.22. The first-order chi connectivity index (χ1) is 13.3. The normalized spacial score (nSPS) is 11.4. The molecule has 0 atom stereocenters. The van der Waals surface area contributed by atoms with Crippen molar-refractivity contribution in [2.45, 2.75) is 34.2 Å². The largest absolute Gasteiger partial charge is 0.431 e. The molecule has 0 aliphatic carbocycles. The highest BCUT2D eigenvalue weighted by Crippen LogP contribution is 2.38. The van der Waals surface area contributed by atoms with Crippen LogP contribution >= 0.6 is 11.3 Å². The van der Waals surface area contributed by atoms with Gasteiger partial charge in [0, 0.05) is 17.0 Å². The second-order valence-electron chi connectivity index (χ2n) is 6.51. The third-order valence-electron chi connectivity index (χ3n) is 4.78. The van der Waals surface area contributed by atoms with E-state index >= 15 is 0 Å². The van der Waals surface area contributed by atoms with Crippen molar-refractivity contribution < 1.29 is 19.0 Å². The van der Waals surface area contributed by atoms with Gasteiger partial charge in [0.15, 0.2) is 5.82 Å². The van der Waals surface area contributed by atoms with E-state index < -0.39 is 10.7 Å². The number of halogens is 1. The first kappa shape index (κ1) is 20.1. The van der Waals surface area contributed by atoms with Gasteiger partial charge in [0.05, 0.1) is 23.4 Å². The number of benzene rings is 1. The SMILES string of the molecule is CC[NH+](CC)Cc1nc(Oc2cc(F)ccc2[N+](=O)[O-])c2c(C)c(C)sc2n1. The standard InChI is InChI=1S/C19H21FN4O3S/c1-5-23(6-2)10-16-21-18(17-11(3)12(4)28-19(17)22-16)27-15-9-13(20)7-8-14(15)24(25)26/h7-9H,5-6,10H2,1-4H3/p+1. The Morgan fingerprint density at radius 2 is 1.96 bits per heavy atom. The zero-order valence-corrected chi connectivity index (χ0v) is 17.0. The number of rotatable bonds is 7. The summed E-state index contributed by atoms with van der Waals surface area (Å²) in [5, 5.41) is 12.0. The van der Waals surface area contributed by atoms with Gasteiger partial charge < -0.3 is 9.64 Å². The minimum absolute atomic E-state index is 0.172. The lowest BCUT2D eigenvalue weighted by Crippen LogP contribution is -3.10. The number of nitro benzene ring substituents is 1. The van der Waals surface area contributed by atoms with Gasteiger partial charge in [-0.15, -0.1) is 11.3 Å². The Morgan fingerprint density at radius 3 is 2.61 bits per heavy atom. The van der Waals surface area contributed by atoms with E-state index in [0.717, 1.165) is 46.6 Å². The minimum Gasteiger partial charge on any atom is -0.431 e. The number of thiophene rings is 1. The highest BCUT2D eigenvalue weighted by molar-refractivity contribution is 7.18. The maximum Gasteiger partial charge on any atom is 0.311 e. The summed E-state index contributed by atoms with van der Waals surface area (Å²) in [4.78, 5) is 23.1. The average molecular weight is 405 g/mol. The maximum absolute atomic E-state index is 13.7. The zero-order valence-electron chi connectivity index (χ0n) is 16.2. The topological polar surface area (TPSA) is 82.6 Å². The summed E-state index contributed by atoms with van der Waals surface area (Å²) in [5.74, 6) is 0.0370. The lowest BCUT2D eigenvalue weighted by atomic mass is 10.2. The molecule has 9 heteroatoms. The van der Waals surface area contributed by atoms with Crippen molar-refractivity contribution in [1.82, 2.24) is 9.97 Å². The number of hydrogen-bond acceptors (Lipinski definition) is 6. The van der Waals surface area contributed by atoms with Crippen molar-refractivity contribution in [1.29, 1.82) is 0 Å². The summed E-state index contributed by atoms with van der Waals surface area (Å²) < 4.78 is 19.5. The van der Waals surface area contributed by atoms with E-state index in [0.29, 0.717) is 17.8 Å². The number of quaternary nitrogens is 1. The predicted octanol–water partition coefficient (Wildman–Crippen LogP) is 3.57. The van der Waals surface area contributed by atoms with E-state index in [1.165, 1.54) is 16.2 Å². The third-order valence-corrected chi connectivity index (χ3v) is 5.88. The number of hydrogen-bond donors (Lipinski definition) is 1. The quantitative estimate of drug-likeness (QED) is 0.480. The van der Waals surface area contributed by atoms with Crippen molar-refractivity contribution in [3.63, 3.8) is 0 Å². The molecule has 0 spiro atoms. The summed E-state index contributed by atoms with van der Waals surface area (Å²) in [5.41, 5.74) is 0.643. The van der Waals surface area contributed by atoms with Crippen LogP contribution in [0.5, 0.6) is 11.6 Å². The first-order valence-corrected chi connectivity index (χ1v) is 9.87. The molecule has 0 unspecified atom stereocenters. The van der Waals surface area contributed by atoms with Gasteiger partial charge in [-0.2, -0.15) is 4.98 Å². The fourth-order valence-corrected chi connectivity index (χ4v) is 3.99. The zero-order chi connectivity index (χ0) is 20.4. The molecule has 28 heavy (non-hydrogen) atoms. The Kier molecular flexibility index (Phi) is 5.85. The molecule has 0 saturated carbocycles. The molecular weight excluding hydrogens is 383 g/mol. The van der Waals surface area contributed by atoms with Crippen molar-refractivity contribution in [3.8, 4) is 11.6 Å². The summed E-state index contributed by atoms with van der Waals surface area (Å²) in [6, 6.07) is 3.14. The van der Waals surface area contributed by atoms with Crippen LogP contribution < -0.4 is 9.64 Å². The van der Waals surface area contributed by atoms with Gasteiger partial charge in [-0.1, -0.05) is 0 Å². The van der Waals surface area contributed by atoms with Crippen LogP contribution in [0.4, 0.5) is 10.1 Å². The van der Waals surface area contributed by atoms with Crippen molar-refractivity contribution >= 4 is 27.2 Å². The van der Waals surface area contributed by atoms with Crippen LogP contribution in [0, 0.1) is 29.8 Å². The number of ether oxygens (including phenoxy) is 1. The number of aryl methyl sites for hydroxylation is 2. The minimum atomic E-state index is -0.614. The van der Waals surface area contributed by atoms with Gasteiger partial charge in [-0.05, 0) is 39.3 Å². The summed E-state index contributed by atoms with van der Waals surface area (Å²) in [6.07, 6.45) is 0. The smallest absolute Gasteiger partial charge is 0.311 e. The van der Waals surface area contributed by atoms with Crippen LogP contribution in [-0.4, -0.2) is 28.0 Å². The number of fused-ring (bicyclic) bond motifs is 1. The molecule has 7 nitrogen and oxygen atoms in total. The molecule has 148 valence electrons. The van der Waals surface area contributed by atoms with Crippen LogP contribution in [0.1, 0.15) is 30.1 Å². The fourth-order valence-electron chi connectivity index (χ4n) is 2.96. The Morgan fingerprint density at radius 1 is 1.25 bits per heavy atom. The maximum atomic E-state index is 13.7. The Hall–Kier alpha value is -2.65. The van der Waals surface area contributed by atoms with Crippen LogP contribution in [0.3, 0.4) is 0 Å². The van der Waals surface area contributed by atoms with E-state index in [2.05, 4.69) is 23.8 Å². The molecule has 0 radical (unpaired) electrons. The Labute approximate surface area is 165 Å². The van der Waals surface area contributed by atoms with E-state index in [9.17, 15) is 14.5 Å². The lowest BCUT2D eigenvalue weighted by molar-refractivity contribution is -0.910.